The minimum Gasteiger partial charge on any atom is -0.484 e. The molecule has 0 saturated heterocycles. The summed E-state index contributed by atoms with van der Waals surface area (Å²) in [6.45, 7) is 1.49. The smallest absolute Gasteiger partial charge is 0.177 e. The first-order valence-corrected chi connectivity index (χ1v) is 5.87. The van der Waals surface area contributed by atoms with Crippen LogP contribution in [0.5, 0.6) is 5.75 Å². The molecule has 2 aliphatic rings. The summed E-state index contributed by atoms with van der Waals surface area (Å²) in [5, 5.41) is 0. The molecule has 0 spiro atoms. The van der Waals surface area contributed by atoms with Crippen LogP contribution in [0.1, 0.15) is 27.6 Å². The highest BCUT2D eigenvalue weighted by atomic mass is 16.5. The first kappa shape index (κ1) is 11.0. The molecular weight excluding hydrogens is 228 g/mol. The molecule has 0 saturated carbocycles. The van der Waals surface area contributed by atoms with Crippen molar-refractivity contribution in [3.63, 3.8) is 0 Å². The lowest BCUT2D eigenvalue weighted by atomic mass is 9.86. The van der Waals surface area contributed by atoms with E-state index in [4.69, 9.17) is 4.74 Å². The van der Waals surface area contributed by atoms with Crippen molar-refractivity contribution < 1.29 is 14.3 Å². The highest BCUT2D eigenvalue weighted by molar-refractivity contribution is 6.05. The number of hydrogen-bond donors (Lipinski definition) is 0. The number of ketones is 2. The molecule has 0 aromatic heterocycles. The fourth-order valence-electron chi connectivity index (χ4n) is 2.31. The Labute approximate surface area is 105 Å². The molecule has 1 aliphatic heterocycles. The monoisotopic (exact) mass is 240 g/mol. The lowest BCUT2D eigenvalue weighted by molar-refractivity contribution is 0.0807. The van der Waals surface area contributed by atoms with Gasteiger partial charge in [-0.05, 0) is 31.2 Å². The zero-order valence-corrected chi connectivity index (χ0v) is 9.92. The summed E-state index contributed by atoms with van der Waals surface area (Å²) < 4.78 is 5.77. The molecule has 1 aliphatic carbocycles. The van der Waals surface area contributed by atoms with E-state index in [0.717, 1.165) is 0 Å². The predicted octanol–water partition coefficient (Wildman–Crippen LogP) is 2.58. The third-order valence-electron chi connectivity index (χ3n) is 3.30. The predicted molar refractivity (Wildman–Crippen MR) is 67.0 cm³/mol. The summed E-state index contributed by atoms with van der Waals surface area (Å²) in [6, 6.07) is 5.02. The minimum absolute atomic E-state index is 0.0185. The lowest BCUT2D eigenvalue weighted by Crippen LogP contribution is -2.36. The van der Waals surface area contributed by atoms with Gasteiger partial charge >= 0.3 is 0 Å². The van der Waals surface area contributed by atoms with Gasteiger partial charge < -0.3 is 4.74 Å². The van der Waals surface area contributed by atoms with Crippen LogP contribution in [0, 0.1) is 5.92 Å². The number of rotatable bonds is 1. The average Bonchev–Trinajstić information content (AvgIpc) is 2.38. The Morgan fingerprint density at radius 1 is 1.22 bits per heavy atom. The van der Waals surface area contributed by atoms with Crippen LogP contribution in [-0.4, -0.2) is 17.7 Å². The molecule has 1 heterocycles. The van der Waals surface area contributed by atoms with Crippen molar-refractivity contribution in [3.8, 4) is 5.75 Å². The number of benzene rings is 1. The van der Waals surface area contributed by atoms with Crippen molar-refractivity contribution in [1.29, 1.82) is 0 Å². The molecule has 3 nitrogen and oxygen atoms in total. The van der Waals surface area contributed by atoms with E-state index in [0.29, 0.717) is 16.9 Å². The molecule has 0 fully saturated rings. The van der Waals surface area contributed by atoms with Crippen molar-refractivity contribution >= 4 is 11.6 Å². The van der Waals surface area contributed by atoms with E-state index in [-0.39, 0.29) is 23.6 Å². The van der Waals surface area contributed by atoms with Gasteiger partial charge in [-0.2, -0.15) is 0 Å². The number of hydrogen-bond acceptors (Lipinski definition) is 3. The standard InChI is InChI=1S/C15H12O3/c1-9(16)10-6-7-14-12(8-10)15(17)11-4-2-3-5-13(11)18-14/h2-8,11,13H,1H3/t11-,13-/m0/s1. The topological polar surface area (TPSA) is 43.4 Å². The Morgan fingerprint density at radius 3 is 2.78 bits per heavy atom. The third-order valence-corrected chi connectivity index (χ3v) is 3.30. The van der Waals surface area contributed by atoms with E-state index in [1.54, 1.807) is 18.2 Å². The van der Waals surface area contributed by atoms with E-state index in [1.165, 1.54) is 6.92 Å². The van der Waals surface area contributed by atoms with Crippen molar-refractivity contribution in [2.24, 2.45) is 5.92 Å². The van der Waals surface area contributed by atoms with Crippen LogP contribution in [0.2, 0.25) is 0 Å². The van der Waals surface area contributed by atoms with E-state index < -0.39 is 0 Å². The Kier molecular flexibility index (Phi) is 2.40. The molecule has 0 radical (unpaired) electrons. The van der Waals surface area contributed by atoms with E-state index >= 15 is 0 Å². The van der Waals surface area contributed by atoms with Gasteiger partial charge in [0.15, 0.2) is 11.6 Å². The highest BCUT2D eigenvalue weighted by Crippen LogP contribution is 2.34. The van der Waals surface area contributed by atoms with Crippen LogP contribution in [0.25, 0.3) is 0 Å². The van der Waals surface area contributed by atoms with Gasteiger partial charge in [0.1, 0.15) is 11.9 Å². The molecule has 2 atom stereocenters. The largest absolute Gasteiger partial charge is 0.484 e. The number of fused-ring (bicyclic) bond motifs is 2. The minimum atomic E-state index is -0.273. The Hall–Kier alpha value is -2.16. The van der Waals surface area contributed by atoms with Gasteiger partial charge in [-0.15, -0.1) is 0 Å². The van der Waals surface area contributed by atoms with Gasteiger partial charge in [-0.25, -0.2) is 0 Å². The second kappa shape index (κ2) is 3.95. The first-order chi connectivity index (χ1) is 8.66. The average molecular weight is 240 g/mol. The van der Waals surface area contributed by atoms with Gasteiger partial charge in [-0.3, -0.25) is 9.59 Å². The fourth-order valence-corrected chi connectivity index (χ4v) is 2.31. The first-order valence-electron chi connectivity index (χ1n) is 5.87. The zero-order valence-electron chi connectivity index (χ0n) is 9.92. The van der Waals surface area contributed by atoms with Crippen molar-refractivity contribution in [2.45, 2.75) is 13.0 Å². The fraction of sp³-hybridized carbons (Fsp3) is 0.200. The summed E-state index contributed by atoms with van der Waals surface area (Å²) in [5.41, 5.74) is 1.04. The van der Waals surface area contributed by atoms with E-state index in [2.05, 4.69) is 0 Å². The molecular formula is C15H12O3. The van der Waals surface area contributed by atoms with Crippen molar-refractivity contribution in [2.75, 3.05) is 0 Å². The maximum atomic E-state index is 12.3. The van der Waals surface area contributed by atoms with Crippen LogP contribution in [-0.2, 0) is 0 Å². The lowest BCUT2D eigenvalue weighted by Gasteiger charge is -2.30. The summed E-state index contributed by atoms with van der Waals surface area (Å²) in [6.07, 6.45) is 7.23. The summed E-state index contributed by atoms with van der Waals surface area (Å²) >= 11 is 0. The van der Waals surface area contributed by atoms with Gasteiger partial charge in [0.2, 0.25) is 0 Å². The van der Waals surface area contributed by atoms with Crippen LogP contribution < -0.4 is 4.74 Å². The zero-order chi connectivity index (χ0) is 12.7. The van der Waals surface area contributed by atoms with Crippen LogP contribution in [0.3, 0.4) is 0 Å². The molecule has 90 valence electrons. The molecule has 18 heavy (non-hydrogen) atoms. The van der Waals surface area contributed by atoms with Crippen LogP contribution >= 0.6 is 0 Å². The van der Waals surface area contributed by atoms with Crippen molar-refractivity contribution in [3.05, 3.63) is 53.6 Å². The van der Waals surface area contributed by atoms with Gasteiger partial charge in [-0.1, -0.05) is 18.2 Å². The molecule has 0 N–H and O–H groups in total. The SMILES string of the molecule is CC(=O)c1ccc2c(c1)C(=O)[C@H]1C=CC=C[C@@H]1O2. The number of allylic oxidation sites excluding steroid dienone is 2. The molecule has 0 amide bonds. The van der Waals surface area contributed by atoms with E-state index in [1.807, 2.05) is 24.3 Å². The number of carbonyl (C=O) groups is 2. The van der Waals surface area contributed by atoms with Crippen molar-refractivity contribution in [1.82, 2.24) is 0 Å². The molecule has 1 aromatic carbocycles. The molecule has 3 rings (SSSR count). The summed E-state index contributed by atoms with van der Waals surface area (Å²) in [7, 11) is 0. The number of carbonyl (C=O) groups excluding carboxylic acids is 2. The maximum Gasteiger partial charge on any atom is 0.177 e. The molecule has 1 aromatic rings. The molecule has 0 unspecified atom stereocenters. The molecule has 3 heteroatoms. The van der Waals surface area contributed by atoms with Crippen LogP contribution in [0.4, 0.5) is 0 Å². The Morgan fingerprint density at radius 2 is 2.00 bits per heavy atom. The quantitative estimate of drug-likeness (QED) is 0.708. The second-order valence-corrected chi connectivity index (χ2v) is 4.51. The Bertz CT molecular complexity index is 596. The highest BCUT2D eigenvalue weighted by Gasteiger charge is 2.35. The van der Waals surface area contributed by atoms with Crippen LogP contribution in [0.15, 0.2) is 42.5 Å². The van der Waals surface area contributed by atoms with Gasteiger partial charge in [0.25, 0.3) is 0 Å². The normalized spacial score (nSPS) is 24.2. The maximum absolute atomic E-state index is 12.3. The molecule has 0 bridgehead atoms. The van der Waals surface area contributed by atoms with Gasteiger partial charge in [0.05, 0.1) is 11.5 Å². The van der Waals surface area contributed by atoms with E-state index in [9.17, 15) is 9.59 Å². The summed E-state index contributed by atoms with van der Waals surface area (Å²) in [5.74, 6) is 0.257. The van der Waals surface area contributed by atoms with Gasteiger partial charge in [0, 0.05) is 5.56 Å². The number of Topliss-reactive ketones (excluding diaryl/α,β-unsaturated/α-hetero) is 2. The summed E-state index contributed by atoms with van der Waals surface area (Å²) in [4.78, 5) is 23.7. The Balaban J connectivity index is 2.08. The third kappa shape index (κ3) is 1.59. The second-order valence-electron chi connectivity index (χ2n) is 4.51. The number of ether oxygens (including phenoxy) is 1.